The van der Waals surface area contributed by atoms with E-state index in [1.165, 1.54) is 19.1 Å². The maximum Gasteiger partial charge on any atom is 0.261 e. The van der Waals surface area contributed by atoms with Gasteiger partial charge in [-0.25, -0.2) is 8.42 Å². The van der Waals surface area contributed by atoms with Gasteiger partial charge in [-0.1, -0.05) is 24.9 Å². The summed E-state index contributed by atoms with van der Waals surface area (Å²) in [6, 6.07) is 2.68. The third-order valence-electron chi connectivity index (χ3n) is 2.93. The quantitative estimate of drug-likeness (QED) is 0.836. The minimum Gasteiger partial charge on any atom is -0.350 e. The number of rotatable bonds is 5. The zero-order valence-electron chi connectivity index (χ0n) is 11.5. The summed E-state index contributed by atoms with van der Waals surface area (Å²) in [5, 5.41) is 2.96. The van der Waals surface area contributed by atoms with E-state index in [9.17, 15) is 13.2 Å². The van der Waals surface area contributed by atoms with Crippen molar-refractivity contribution in [2.75, 3.05) is 0 Å². The van der Waals surface area contributed by atoms with Crippen molar-refractivity contribution in [3.8, 4) is 0 Å². The van der Waals surface area contributed by atoms with Crippen LogP contribution < -0.4 is 5.32 Å². The summed E-state index contributed by atoms with van der Waals surface area (Å²) < 4.78 is 23.0. The van der Waals surface area contributed by atoms with Crippen LogP contribution in [0.4, 0.5) is 0 Å². The number of halogens is 2. The first-order chi connectivity index (χ1) is 9.16. The summed E-state index contributed by atoms with van der Waals surface area (Å²) >= 11 is 5.87. The van der Waals surface area contributed by atoms with Gasteiger partial charge in [-0.2, -0.15) is 0 Å². The summed E-state index contributed by atoms with van der Waals surface area (Å²) in [7, 11) is 1.41. The lowest BCUT2D eigenvalue weighted by Gasteiger charge is -2.15. The third-order valence-corrected chi connectivity index (χ3v) is 4.60. The first kappa shape index (κ1) is 17.3. The average Bonchev–Trinajstić information content (AvgIpc) is 2.30. The van der Waals surface area contributed by atoms with Crippen molar-refractivity contribution in [2.24, 2.45) is 0 Å². The maximum atomic E-state index is 12.2. The normalized spacial score (nSPS) is 13.1. The smallest absolute Gasteiger partial charge is 0.261 e. The van der Waals surface area contributed by atoms with Crippen LogP contribution in [0.15, 0.2) is 17.0 Å². The second kappa shape index (κ2) is 6.78. The van der Waals surface area contributed by atoms with Crippen molar-refractivity contribution in [3.63, 3.8) is 0 Å². The van der Waals surface area contributed by atoms with Crippen molar-refractivity contribution in [1.82, 2.24) is 5.32 Å². The highest BCUT2D eigenvalue weighted by atomic mass is 35.7. The molecule has 0 bridgehead atoms. The van der Waals surface area contributed by atoms with Gasteiger partial charge in [0.25, 0.3) is 15.0 Å². The molecule has 1 unspecified atom stereocenters. The Morgan fingerprint density at radius 3 is 2.50 bits per heavy atom. The Balaban J connectivity index is 3.19. The van der Waals surface area contributed by atoms with E-state index in [1.807, 2.05) is 13.8 Å². The van der Waals surface area contributed by atoms with Crippen molar-refractivity contribution in [1.29, 1.82) is 0 Å². The lowest BCUT2D eigenvalue weighted by molar-refractivity contribution is 0.0937. The summed E-state index contributed by atoms with van der Waals surface area (Å²) in [6.45, 7) is 5.44. The molecule has 1 atom stereocenters. The second-order valence-electron chi connectivity index (χ2n) is 4.68. The van der Waals surface area contributed by atoms with Gasteiger partial charge in [0, 0.05) is 27.3 Å². The number of benzene rings is 1. The van der Waals surface area contributed by atoms with Gasteiger partial charge in [0.2, 0.25) is 0 Å². The number of hydrogen-bond acceptors (Lipinski definition) is 3. The Morgan fingerprint density at radius 2 is 2.00 bits per heavy atom. The van der Waals surface area contributed by atoms with E-state index in [-0.39, 0.29) is 27.4 Å². The first-order valence-corrected chi connectivity index (χ1v) is 8.91. The van der Waals surface area contributed by atoms with Crippen LogP contribution in [0.2, 0.25) is 5.02 Å². The fraction of sp³-hybridized carbons (Fsp3) is 0.462. The SMILES string of the molecule is CCCC(C)NC(=O)c1cc(Cl)cc(S(=O)(=O)Cl)c1C. The summed E-state index contributed by atoms with van der Waals surface area (Å²) in [5.74, 6) is -0.354. The van der Waals surface area contributed by atoms with Crippen molar-refractivity contribution < 1.29 is 13.2 Å². The lowest BCUT2D eigenvalue weighted by atomic mass is 10.1. The van der Waals surface area contributed by atoms with Crippen molar-refractivity contribution >= 4 is 37.2 Å². The minimum atomic E-state index is -3.94. The van der Waals surface area contributed by atoms with E-state index in [2.05, 4.69) is 5.32 Å². The molecule has 0 fully saturated rings. The Morgan fingerprint density at radius 1 is 1.40 bits per heavy atom. The van der Waals surface area contributed by atoms with E-state index in [0.717, 1.165) is 12.8 Å². The van der Waals surface area contributed by atoms with E-state index in [0.29, 0.717) is 5.56 Å². The van der Waals surface area contributed by atoms with Gasteiger partial charge < -0.3 is 5.32 Å². The summed E-state index contributed by atoms with van der Waals surface area (Å²) in [6.07, 6.45) is 1.78. The predicted molar refractivity (Wildman–Crippen MR) is 81.1 cm³/mol. The van der Waals surface area contributed by atoms with Gasteiger partial charge in [0.1, 0.15) is 0 Å². The van der Waals surface area contributed by atoms with Gasteiger partial charge in [0.15, 0.2) is 0 Å². The molecule has 0 aromatic heterocycles. The number of nitrogens with one attached hydrogen (secondary N) is 1. The van der Waals surface area contributed by atoms with Crippen LogP contribution in [0.5, 0.6) is 0 Å². The molecule has 0 spiro atoms. The molecule has 1 N–H and O–H groups in total. The van der Waals surface area contributed by atoms with Crippen LogP contribution in [0.25, 0.3) is 0 Å². The largest absolute Gasteiger partial charge is 0.350 e. The molecular formula is C13H17Cl2NO3S. The molecule has 0 heterocycles. The van der Waals surface area contributed by atoms with E-state index in [1.54, 1.807) is 0 Å². The molecule has 0 radical (unpaired) electrons. The molecule has 7 heteroatoms. The number of carbonyl (C=O) groups excluding carboxylic acids is 1. The number of amides is 1. The average molecular weight is 338 g/mol. The molecule has 0 aliphatic rings. The highest BCUT2D eigenvalue weighted by Gasteiger charge is 2.21. The monoisotopic (exact) mass is 337 g/mol. The van der Waals surface area contributed by atoms with Gasteiger partial charge in [-0.15, -0.1) is 0 Å². The Hall–Kier alpha value is -0.780. The van der Waals surface area contributed by atoms with E-state index in [4.69, 9.17) is 22.3 Å². The molecule has 0 saturated carbocycles. The van der Waals surface area contributed by atoms with Crippen molar-refractivity contribution in [3.05, 3.63) is 28.3 Å². The molecule has 112 valence electrons. The molecule has 20 heavy (non-hydrogen) atoms. The molecular weight excluding hydrogens is 321 g/mol. The summed E-state index contributed by atoms with van der Waals surface area (Å²) in [4.78, 5) is 12.0. The number of carbonyl (C=O) groups is 1. The molecule has 0 aliphatic carbocycles. The van der Waals surface area contributed by atoms with Crippen LogP contribution in [-0.2, 0) is 9.05 Å². The van der Waals surface area contributed by atoms with Crippen LogP contribution in [-0.4, -0.2) is 20.4 Å². The first-order valence-electron chi connectivity index (χ1n) is 6.22. The fourth-order valence-corrected chi connectivity index (χ4v) is 3.46. The second-order valence-corrected chi connectivity index (χ2v) is 7.65. The Kier molecular flexibility index (Phi) is 5.86. The van der Waals surface area contributed by atoms with Gasteiger partial charge in [-0.05, 0) is 38.0 Å². The Bertz CT molecular complexity index is 614. The molecule has 1 aromatic carbocycles. The fourth-order valence-electron chi connectivity index (χ4n) is 1.95. The third kappa shape index (κ3) is 4.36. The summed E-state index contributed by atoms with van der Waals surface area (Å²) in [5.41, 5.74) is 0.519. The molecule has 1 rings (SSSR count). The highest BCUT2D eigenvalue weighted by molar-refractivity contribution is 8.13. The van der Waals surface area contributed by atoms with Crippen molar-refractivity contribution in [2.45, 2.75) is 44.6 Å². The lowest BCUT2D eigenvalue weighted by Crippen LogP contribution is -2.33. The van der Waals surface area contributed by atoms with Gasteiger partial charge in [-0.3, -0.25) is 4.79 Å². The number of hydrogen-bond donors (Lipinski definition) is 1. The standard InChI is InChI=1S/C13H17Cl2NO3S/c1-4-5-8(2)16-13(17)11-6-10(14)7-12(9(11)3)20(15,18)19/h6-8H,4-5H2,1-3H3,(H,16,17). The molecule has 0 aliphatic heterocycles. The maximum absolute atomic E-state index is 12.2. The van der Waals surface area contributed by atoms with Crippen LogP contribution in [0.3, 0.4) is 0 Å². The molecule has 4 nitrogen and oxygen atoms in total. The van der Waals surface area contributed by atoms with E-state index < -0.39 is 9.05 Å². The van der Waals surface area contributed by atoms with Crippen LogP contribution >= 0.6 is 22.3 Å². The predicted octanol–water partition coefficient (Wildman–Crippen LogP) is 3.49. The van der Waals surface area contributed by atoms with Crippen LogP contribution in [0.1, 0.15) is 42.6 Å². The van der Waals surface area contributed by atoms with Crippen LogP contribution in [0, 0.1) is 6.92 Å². The van der Waals surface area contributed by atoms with Gasteiger partial charge >= 0.3 is 0 Å². The molecule has 0 saturated heterocycles. The zero-order chi connectivity index (χ0) is 15.5. The molecule has 1 aromatic rings. The Labute approximate surface area is 128 Å². The van der Waals surface area contributed by atoms with E-state index >= 15 is 0 Å². The topological polar surface area (TPSA) is 63.2 Å². The minimum absolute atomic E-state index is 0.00180. The zero-order valence-corrected chi connectivity index (χ0v) is 13.9. The highest BCUT2D eigenvalue weighted by Crippen LogP contribution is 2.27. The molecule has 1 amide bonds. The van der Waals surface area contributed by atoms with Gasteiger partial charge in [0.05, 0.1) is 4.90 Å².